The minimum atomic E-state index is -1.21. The number of carbonyl (C=O) groups is 1. The summed E-state index contributed by atoms with van der Waals surface area (Å²) in [6, 6.07) is 3.66. The predicted octanol–water partition coefficient (Wildman–Crippen LogP) is 3.82. The Balaban J connectivity index is 2.31. The lowest BCUT2D eigenvalue weighted by atomic mass is 10.2. The Labute approximate surface area is 153 Å². The van der Waals surface area contributed by atoms with Crippen LogP contribution in [-0.2, 0) is 0 Å². The summed E-state index contributed by atoms with van der Waals surface area (Å²) in [6.07, 6.45) is 3.22. The van der Waals surface area contributed by atoms with E-state index < -0.39 is 5.97 Å². The van der Waals surface area contributed by atoms with Crippen molar-refractivity contribution < 1.29 is 19.4 Å². The number of rotatable bonds is 8. The van der Waals surface area contributed by atoms with E-state index in [9.17, 15) is 9.90 Å². The first-order chi connectivity index (χ1) is 11.5. The molecule has 1 heterocycles. The molecular formula is C17H19BrNO4S-. The van der Waals surface area contributed by atoms with Crippen LogP contribution in [0.4, 0.5) is 0 Å². The van der Waals surface area contributed by atoms with Gasteiger partial charge in [0, 0.05) is 5.56 Å². The first-order valence-corrected chi connectivity index (χ1v) is 9.28. The molecule has 0 radical (unpaired) electrons. The number of carboxylic acid groups (broad SMARTS) is 1. The van der Waals surface area contributed by atoms with Crippen molar-refractivity contribution in [2.75, 3.05) is 13.7 Å². The monoisotopic (exact) mass is 412 g/mol. The van der Waals surface area contributed by atoms with E-state index in [0.29, 0.717) is 28.8 Å². The van der Waals surface area contributed by atoms with Crippen molar-refractivity contribution in [1.82, 2.24) is 4.98 Å². The number of hydrogen-bond donors (Lipinski definition) is 0. The normalized spacial score (nSPS) is 10.7. The molecule has 0 atom stereocenters. The summed E-state index contributed by atoms with van der Waals surface area (Å²) in [7, 11) is 1.57. The zero-order chi connectivity index (χ0) is 17.7. The second kappa shape index (κ2) is 8.48. The summed E-state index contributed by atoms with van der Waals surface area (Å²) in [5.74, 6) is 0.0163. The molecule has 0 aliphatic rings. The first kappa shape index (κ1) is 18.7. The van der Waals surface area contributed by atoms with Crippen molar-refractivity contribution in [2.24, 2.45) is 0 Å². The number of thiazole rings is 1. The number of aromatic nitrogens is 1. The van der Waals surface area contributed by atoms with Gasteiger partial charge < -0.3 is 19.4 Å². The van der Waals surface area contributed by atoms with Gasteiger partial charge in [-0.3, -0.25) is 0 Å². The highest BCUT2D eigenvalue weighted by Crippen LogP contribution is 2.41. The van der Waals surface area contributed by atoms with Gasteiger partial charge in [-0.1, -0.05) is 19.8 Å². The second-order valence-corrected chi connectivity index (χ2v) is 7.12. The zero-order valence-corrected chi connectivity index (χ0v) is 16.3. The van der Waals surface area contributed by atoms with E-state index >= 15 is 0 Å². The molecule has 0 N–H and O–H groups in total. The van der Waals surface area contributed by atoms with Gasteiger partial charge in [-0.2, -0.15) is 0 Å². The number of halogens is 1. The van der Waals surface area contributed by atoms with Crippen LogP contribution in [0.2, 0.25) is 0 Å². The fourth-order valence-corrected chi connectivity index (χ4v) is 3.66. The van der Waals surface area contributed by atoms with Crippen molar-refractivity contribution in [2.45, 2.75) is 33.1 Å². The van der Waals surface area contributed by atoms with E-state index in [0.717, 1.165) is 40.6 Å². The Bertz CT molecular complexity index is 730. The van der Waals surface area contributed by atoms with Gasteiger partial charge in [0.1, 0.15) is 5.01 Å². The Morgan fingerprint density at radius 1 is 1.38 bits per heavy atom. The topological polar surface area (TPSA) is 71.5 Å². The fraction of sp³-hybridized carbons (Fsp3) is 0.412. The number of carbonyl (C=O) groups excluding carboxylic acids is 1. The minimum absolute atomic E-state index is 0.139. The van der Waals surface area contributed by atoms with E-state index in [1.54, 1.807) is 20.1 Å². The van der Waals surface area contributed by atoms with Crippen LogP contribution in [0.1, 0.15) is 41.6 Å². The molecule has 1 aromatic carbocycles. The molecule has 0 spiro atoms. The third kappa shape index (κ3) is 4.27. The maximum absolute atomic E-state index is 11.1. The van der Waals surface area contributed by atoms with Gasteiger partial charge in [0.25, 0.3) is 0 Å². The number of carboxylic acids is 1. The van der Waals surface area contributed by atoms with Crippen LogP contribution >= 0.6 is 27.3 Å². The van der Waals surface area contributed by atoms with Gasteiger partial charge in [-0.05, 0) is 41.4 Å². The Morgan fingerprint density at radius 3 is 2.71 bits per heavy atom. The van der Waals surface area contributed by atoms with Crippen molar-refractivity contribution in [1.29, 1.82) is 0 Å². The smallest absolute Gasteiger partial charge is 0.175 e. The molecule has 24 heavy (non-hydrogen) atoms. The highest BCUT2D eigenvalue weighted by Gasteiger charge is 2.16. The van der Waals surface area contributed by atoms with Gasteiger partial charge in [-0.25, -0.2) is 4.98 Å². The van der Waals surface area contributed by atoms with Gasteiger partial charge >= 0.3 is 0 Å². The molecule has 0 saturated heterocycles. The number of nitrogens with zero attached hydrogens (tertiary/aromatic N) is 1. The van der Waals surface area contributed by atoms with E-state index in [1.165, 1.54) is 0 Å². The molecule has 0 fully saturated rings. The maximum atomic E-state index is 11.1. The van der Waals surface area contributed by atoms with E-state index in [2.05, 4.69) is 27.8 Å². The Kier molecular flexibility index (Phi) is 6.62. The number of ether oxygens (including phenoxy) is 2. The molecule has 0 saturated carbocycles. The van der Waals surface area contributed by atoms with Crippen LogP contribution in [-0.4, -0.2) is 24.7 Å². The summed E-state index contributed by atoms with van der Waals surface area (Å²) in [6.45, 7) is 4.41. The minimum Gasteiger partial charge on any atom is -0.544 e. The van der Waals surface area contributed by atoms with Gasteiger partial charge in [0.2, 0.25) is 0 Å². The van der Waals surface area contributed by atoms with Crippen LogP contribution in [0.25, 0.3) is 10.6 Å². The quantitative estimate of drug-likeness (QED) is 0.616. The molecule has 2 aromatic rings. The summed E-state index contributed by atoms with van der Waals surface area (Å²) in [5, 5.41) is 11.7. The molecule has 0 amide bonds. The maximum Gasteiger partial charge on any atom is 0.175 e. The number of benzene rings is 1. The number of aryl methyl sites for hydroxylation is 1. The largest absolute Gasteiger partial charge is 0.544 e. The van der Waals surface area contributed by atoms with Crippen LogP contribution < -0.4 is 14.6 Å². The van der Waals surface area contributed by atoms with E-state index in [1.807, 2.05) is 6.07 Å². The zero-order valence-electron chi connectivity index (χ0n) is 13.8. The molecule has 0 bridgehead atoms. The summed E-state index contributed by atoms with van der Waals surface area (Å²) in [5.41, 5.74) is 1.21. The summed E-state index contributed by atoms with van der Waals surface area (Å²) >= 11 is 4.59. The SMILES string of the molecule is CCCCCOc1c(Br)cc(-c2nc(C)c(C(=O)[O-])s2)cc1OC. The van der Waals surface area contributed by atoms with Gasteiger partial charge in [0.15, 0.2) is 11.5 Å². The molecule has 0 aliphatic carbocycles. The molecule has 2 rings (SSSR count). The average molecular weight is 413 g/mol. The van der Waals surface area contributed by atoms with Crippen LogP contribution in [0.3, 0.4) is 0 Å². The highest BCUT2D eigenvalue weighted by atomic mass is 79.9. The number of unbranched alkanes of at least 4 members (excludes halogenated alkanes) is 2. The van der Waals surface area contributed by atoms with Crippen molar-refractivity contribution in [3.8, 4) is 22.1 Å². The lowest BCUT2D eigenvalue weighted by molar-refractivity contribution is -0.254. The van der Waals surface area contributed by atoms with Crippen molar-refractivity contribution in [3.05, 3.63) is 27.2 Å². The first-order valence-electron chi connectivity index (χ1n) is 7.67. The molecule has 7 heteroatoms. The third-order valence-corrected chi connectivity index (χ3v) is 5.23. The molecule has 0 unspecified atom stereocenters. The molecule has 130 valence electrons. The predicted molar refractivity (Wildman–Crippen MR) is 95.9 cm³/mol. The average Bonchev–Trinajstić information content (AvgIpc) is 2.94. The molecule has 5 nitrogen and oxygen atoms in total. The fourth-order valence-electron chi connectivity index (χ4n) is 2.22. The van der Waals surface area contributed by atoms with E-state index in [4.69, 9.17) is 9.47 Å². The number of aromatic carboxylic acids is 1. The van der Waals surface area contributed by atoms with Gasteiger partial charge in [0.05, 0.1) is 34.7 Å². The standard InChI is InChI=1S/C17H20BrNO4S/c1-4-5-6-7-23-14-12(18)8-11(9-13(14)22-3)16-19-10(2)15(24-16)17(20)21/h8-9H,4-7H2,1-3H3,(H,20,21)/p-1. The Morgan fingerprint density at radius 2 is 2.12 bits per heavy atom. The van der Waals surface area contributed by atoms with E-state index in [-0.39, 0.29) is 4.88 Å². The second-order valence-electron chi connectivity index (χ2n) is 5.27. The summed E-state index contributed by atoms with van der Waals surface area (Å²) < 4.78 is 12.0. The number of methoxy groups -OCH3 is 1. The van der Waals surface area contributed by atoms with Crippen LogP contribution in [0.15, 0.2) is 16.6 Å². The molecule has 1 aromatic heterocycles. The van der Waals surface area contributed by atoms with Crippen molar-refractivity contribution in [3.63, 3.8) is 0 Å². The molecule has 0 aliphatic heterocycles. The molecular weight excluding hydrogens is 394 g/mol. The number of hydrogen-bond acceptors (Lipinski definition) is 6. The highest BCUT2D eigenvalue weighted by molar-refractivity contribution is 9.10. The summed E-state index contributed by atoms with van der Waals surface area (Å²) in [4.78, 5) is 15.5. The van der Waals surface area contributed by atoms with Crippen LogP contribution in [0, 0.1) is 6.92 Å². The third-order valence-electron chi connectivity index (χ3n) is 3.45. The van der Waals surface area contributed by atoms with Crippen molar-refractivity contribution >= 4 is 33.2 Å². The lowest BCUT2D eigenvalue weighted by Crippen LogP contribution is -2.21. The lowest BCUT2D eigenvalue weighted by Gasteiger charge is -2.13. The Hall–Kier alpha value is -1.60. The van der Waals surface area contributed by atoms with Gasteiger partial charge in [-0.15, -0.1) is 11.3 Å². The van der Waals surface area contributed by atoms with Crippen LogP contribution in [0.5, 0.6) is 11.5 Å².